The Hall–Kier alpha value is -3.21. The molecule has 0 unspecified atom stereocenters. The highest BCUT2D eigenvalue weighted by molar-refractivity contribution is 6.03. The van der Waals surface area contributed by atoms with Gasteiger partial charge in [0.05, 0.1) is 6.54 Å². The Morgan fingerprint density at radius 3 is 2.56 bits per heavy atom. The zero-order chi connectivity index (χ0) is 17.8. The molecule has 0 fully saturated rings. The van der Waals surface area contributed by atoms with E-state index in [4.69, 9.17) is 0 Å². The van der Waals surface area contributed by atoms with Gasteiger partial charge in [-0.15, -0.1) is 0 Å². The Labute approximate surface area is 146 Å². The van der Waals surface area contributed by atoms with Crippen molar-refractivity contribution in [2.24, 2.45) is 0 Å². The quantitative estimate of drug-likeness (QED) is 0.798. The van der Waals surface area contributed by atoms with E-state index >= 15 is 0 Å². The van der Waals surface area contributed by atoms with E-state index < -0.39 is 5.91 Å². The van der Waals surface area contributed by atoms with E-state index in [0.717, 1.165) is 16.7 Å². The van der Waals surface area contributed by atoms with Crippen LogP contribution in [0.2, 0.25) is 0 Å². The van der Waals surface area contributed by atoms with Crippen molar-refractivity contribution in [1.82, 2.24) is 9.55 Å². The summed E-state index contributed by atoms with van der Waals surface area (Å²) in [6.07, 6.45) is 3.29. The van der Waals surface area contributed by atoms with E-state index in [2.05, 4.69) is 10.3 Å². The minimum Gasteiger partial charge on any atom is -0.310 e. The van der Waals surface area contributed by atoms with Crippen LogP contribution >= 0.6 is 0 Å². The normalized spacial score (nSPS) is 10.5. The first-order chi connectivity index (χ1) is 12.1. The largest absolute Gasteiger partial charge is 0.310 e. The molecule has 1 amide bonds. The summed E-state index contributed by atoms with van der Waals surface area (Å²) >= 11 is 0. The summed E-state index contributed by atoms with van der Waals surface area (Å²) in [4.78, 5) is 29.3. The van der Waals surface area contributed by atoms with Crippen LogP contribution in [0.4, 0.5) is 5.82 Å². The minimum absolute atomic E-state index is 0.0983. The Balaban J connectivity index is 1.88. The number of amides is 1. The van der Waals surface area contributed by atoms with E-state index in [0.29, 0.717) is 12.4 Å². The van der Waals surface area contributed by atoms with Gasteiger partial charge in [-0.05, 0) is 48.7 Å². The van der Waals surface area contributed by atoms with Crippen molar-refractivity contribution in [3.05, 3.63) is 93.5 Å². The van der Waals surface area contributed by atoms with Crippen molar-refractivity contribution >= 4 is 11.7 Å². The first-order valence-electron chi connectivity index (χ1n) is 8.03. The van der Waals surface area contributed by atoms with Crippen LogP contribution in [0.25, 0.3) is 0 Å². The van der Waals surface area contributed by atoms with E-state index in [9.17, 15) is 9.59 Å². The van der Waals surface area contributed by atoms with Gasteiger partial charge in [-0.25, -0.2) is 4.98 Å². The molecule has 126 valence electrons. The first-order valence-corrected chi connectivity index (χ1v) is 8.03. The summed E-state index contributed by atoms with van der Waals surface area (Å²) in [5.41, 5.74) is 2.76. The van der Waals surface area contributed by atoms with Gasteiger partial charge in [-0.2, -0.15) is 0 Å². The summed E-state index contributed by atoms with van der Waals surface area (Å²) in [6, 6.07) is 14.8. The summed E-state index contributed by atoms with van der Waals surface area (Å²) < 4.78 is 1.54. The van der Waals surface area contributed by atoms with Gasteiger partial charge in [0.1, 0.15) is 11.4 Å². The lowest BCUT2D eigenvalue weighted by Gasteiger charge is -2.11. The fraction of sp³-hybridized carbons (Fsp3) is 0.150. The monoisotopic (exact) mass is 333 g/mol. The molecule has 0 atom stereocenters. The zero-order valence-corrected chi connectivity index (χ0v) is 14.2. The van der Waals surface area contributed by atoms with Gasteiger partial charge in [-0.1, -0.05) is 30.3 Å². The van der Waals surface area contributed by atoms with Gasteiger partial charge in [0.25, 0.3) is 11.5 Å². The van der Waals surface area contributed by atoms with Gasteiger partial charge in [0.2, 0.25) is 0 Å². The highest BCUT2D eigenvalue weighted by Gasteiger charge is 2.14. The Morgan fingerprint density at radius 2 is 1.80 bits per heavy atom. The predicted molar refractivity (Wildman–Crippen MR) is 97.9 cm³/mol. The molecule has 0 aliphatic rings. The maximum Gasteiger partial charge on any atom is 0.263 e. The third kappa shape index (κ3) is 3.66. The highest BCUT2D eigenvalue weighted by atomic mass is 16.2. The fourth-order valence-corrected chi connectivity index (χ4v) is 2.60. The van der Waals surface area contributed by atoms with Crippen molar-refractivity contribution in [2.75, 3.05) is 5.32 Å². The van der Waals surface area contributed by atoms with Gasteiger partial charge < -0.3 is 9.88 Å². The van der Waals surface area contributed by atoms with Gasteiger partial charge in [0.15, 0.2) is 0 Å². The van der Waals surface area contributed by atoms with Crippen LogP contribution in [0.15, 0.2) is 65.7 Å². The third-order valence-corrected chi connectivity index (χ3v) is 4.11. The molecule has 1 aromatic carbocycles. The van der Waals surface area contributed by atoms with Gasteiger partial charge >= 0.3 is 0 Å². The van der Waals surface area contributed by atoms with E-state index in [1.165, 1.54) is 6.07 Å². The molecule has 0 aliphatic heterocycles. The number of carbonyl (C=O) groups excluding carboxylic acids is 1. The lowest BCUT2D eigenvalue weighted by molar-refractivity contribution is 0.102. The molecule has 0 bridgehead atoms. The number of aromatic nitrogens is 2. The lowest BCUT2D eigenvalue weighted by Crippen LogP contribution is -2.29. The highest BCUT2D eigenvalue weighted by Crippen LogP contribution is 2.11. The summed E-state index contributed by atoms with van der Waals surface area (Å²) in [6.45, 7) is 4.28. The molecule has 0 radical (unpaired) electrons. The van der Waals surface area contributed by atoms with E-state index in [1.807, 2.05) is 44.2 Å². The standard InChI is InChI=1S/C20H19N3O2/c1-14-7-3-4-9-16(14)13-23-12-6-10-17(20(23)25)19(24)22-18-15(2)8-5-11-21-18/h3-12H,13H2,1-2H3,(H,21,22,24). The Morgan fingerprint density at radius 1 is 1.04 bits per heavy atom. The molecule has 0 spiro atoms. The van der Waals surface area contributed by atoms with Crippen LogP contribution in [0.5, 0.6) is 0 Å². The SMILES string of the molecule is Cc1ccccc1Cn1cccc(C(=O)Nc2ncccc2C)c1=O. The van der Waals surface area contributed by atoms with Crippen molar-refractivity contribution in [2.45, 2.75) is 20.4 Å². The zero-order valence-electron chi connectivity index (χ0n) is 14.2. The van der Waals surface area contributed by atoms with Crippen molar-refractivity contribution in [1.29, 1.82) is 0 Å². The van der Waals surface area contributed by atoms with Crippen molar-refractivity contribution < 1.29 is 4.79 Å². The lowest BCUT2D eigenvalue weighted by atomic mass is 10.1. The molecule has 2 heterocycles. The number of nitrogens with zero attached hydrogens (tertiary/aromatic N) is 2. The third-order valence-electron chi connectivity index (χ3n) is 4.11. The topological polar surface area (TPSA) is 64.0 Å². The van der Waals surface area contributed by atoms with Crippen LogP contribution in [0.1, 0.15) is 27.0 Å². The first kappa shape index (κ1) is 16.6. The van der Waals surface area contributed by atoms with Crippen LogP contribution < -0.4 is 10.9 Å². The van der Waals surface area contributed by atoms with Gasteiger partial charge in [-0.3, -0.25) is 9.59 Å². The van der Waals surface area contributed by atoms with Crippen molar-refractivity contribution in [3.63, 3.8) is 0 Å². The number of carbonyl (C=O) groups is 1. The molecule has 1 N–H and O–H groups in total. The second kappa shape index (κ2) is 7.13. The minimum atomic E-state index is -0.453. The molecular weight excluding hydrogens is 314 g/mol. The summed E-state index contributed by atoms with van der Waals surface area (Å²) in [5.74, 6) is 0.00661. The molecule has 3 rings (SSSR count). The molecular formula is C20H19N3O2. The maximum atomic E-state index is 12.7. The van der Waals surface area contributed by atoms with E-state index in [1.54, 1.807) is 29.1 Å². The Kier molecular flexibility index (Phi) is 4.75. The molecule has 5 nitrogen and oxygen atoms in total. The second-order valence-corrected chi connectivity index (χ2v) is 5.90. The average Bonchev–Trinajstić information content (AvgIpc) is 2.60. The van der Waals surface area contributed by atoms with E-state index in [-0.39, 0.29) is 11.1 Å². The smallest absolute Gasteiger partial charge is 0.263 e. The number of hydrogen-bond acceptors (Lipinski definition) is 3. The van der Waals surface area contributed by atoms with Crippen molar-refractivity contribution in [3.8, 4) is 0 Å². The average molecular weight is 333 g/mol. The molecule has 25 heavy (non-hydrogen) atoms. The molecule has 0 saturated heterocycles. The number of benzene rings is 1. The van der Waals surface area contributed by atoms with Crippen LogP contribution in [-0.2, 0) is 6.54 Å². The number of rotatable bonds is 4. The molecule has 3 aromatic rings. The molecule has 2 aromatic heterocycles. The summed E-state index contributed by atoms with van der Waals surface area (Å²) in [7, 11) is 0. The predicted octanol–water partition coefficient (Wildman–Crippen LogP) is 3.16. The molecule has 0 saturated carbocycles. The van der Waals surface area contributed by atoms with Gasteiger partial charge in [0, 0.05) is 12.4 Å². The number of pyridine rings is 2. The fourth-order valence-electron chi connectivity index (χ4n) is 2.60. The molecule has 0 aliphatic carbocycles. The maximum absolute atomic E-state index is 12.7. The Bertz CT molecular complexity index is 976. The summed E-state index contributed by atoms with van der Waals surface area (Å²) in [5, 5.41) is 2.71. The number of hydrogen-bond donors (Lipinski definition) is 1. The second-order valence-electron chi connectivity index (χ2n) is 5.90. The van der Waals surface area contributed by atoms with Crippen LogP contribution in [0.3, 0.4) is 0 Å². The molecule has 5 heteroatoms. The van der Waals surface area contributed by atoms with Crippen LogP contribution in [-0.4, -0.2) is 15.5 Å². The number of aryl methyl sites for hydroxylation is 2. The van der Waals surface area contributed by atoms with Crippen LogP contribution in [0, 0.1) is 13.8 Å². The number of anilines is 1. The number of nitrogens with one attached hydrogen (secondary N) is 1.